The van der Waals surface area contributed by atoms with Gasteiger partial charge in [-0.25, -0.2) is 4.98 Å². The van der Waals surface area contributed by atoms with E-state index >= 15 is 0 Å². The van der Waals surface area contributed by atoms with Crippen LogP contribution in [0.15, 0.2) is 10.5 Å². The Bertz CT molecular complexity index is 453. The summed E-state index contributed by atoms with van der Waals surface area (Å²) in [5, 5.41) is 3.39. The molecule has 1 fully saturated rings. The second-order valence-corrected chi connectivity index (χ2v) is 5.60. The van der Waals surface area contributed by atoms with Crippen molar-refractivity contribution in [1.82, 2.24) is 15.2 Å². The van der Waals surface area contributed by atoms with Crippen molar-refractivity contribution in [3.8, 4) is 0 Å². The average molecular weight is 426 g/mol. The first-order valence-corrected chi connectivity index (χ1v) is 7.57. The first-order valence-electron chi connectivity index (χ1n) is 6.69. The van der Waals surface area contributed by atoms with Crippen molar-refractivity contribution in [3.05, 3.63) is 16.1 Å². The molecule has 1 N–H and O–H groups in total. The number of aromatic nitrogens is 1. The number of halogens is 1. The summed E-state index contributed by atoms with van der Waals surface area (Å²) in [4.78, 5) is 12.1. The summed E-state index contributed by atoms with van der Waals surface area (Å²) in [5.74, 6) is 0.905. The Morgan fingerprint density at radius 3 is 3.10 bits per heavy atom. The number of morpholine rings is 1. The minimum absolute atomic E-state index is 0. The van der Waals surface area contributed by atoms with E-state index in [-0.39, 0.29) is 30.1 Å². The molecule has 0 saturated carbocycles. The molecule has 1 atom stereocenters. The highest BCUT2D eigenvalue weighted by atomic mass is 127. The fraction of sp³-hybridized carbons (Fsp3) is 0.692. The summed E-state index contributed by atoms with van der Waals surface area (Å²) in [7, 11) is 3.50. The lowest BCUT2D eigenvalue weighted by molar-refractivity contribution is -0.0447. The van der Waals surface area contributed by atoms with E-state index in [1.165, 1.54) is 4.88 Å². The molecule has 0 amide bonds. The van der Waals surface area contributed by atoms with Crippen LogP contribution in [0.25, 0.3) is 0 Å². The van der Waals surface area contributed by atoms with Crippen LogP contribution in [0.1, 0.15) is 10.6 Å². The van der Waals surface area contributed by atoms with Crippen LogP contribution in [0.4, 0.5) is 0 Å². The molecule has 0 bridgehead atoms. The maximum absolute atomic E-state index is 5.66. The van der Waals surface area contributed by atoms with Crippen LogP contribution in [0.5, 0.6) is 0 Å². The molecule has 0 aliphatic carbocycles. The second-order valence-electron chi connectivity index (χ2n) is 4.66. The molecule has 0 radical (unpaired) electrons. The highest BCUT2D eigenvalue weighted by Crippen LogP contribution is 2.12. The average Bonchev–Trinajstić information content (AvgIpc) is 2.86. The Labute approximate surface area is 147 Å². The molecule has 0 aromatic carbocycles. The van der Waals surface area contributed by atoms with E-state index in [9.17, 15) is 0 Å². The van der Waals surface area contributed by atoms with Crippen molar-refractivity contribution >= 4 is 41.3 Å². The Kier molecular flexibility index (Phi) is 8.45. The van der Waals surface area contributed by atoms with Crippen molar-refractivity contribution in [3.63, 3.8) is 0 Å². The van der Waals surface area contributed by atoms with Crippen LogP contribution < -0.4 is 5.32 Å². The van der Waals surface area contributed by atoms with Gasteiger partial charge in [0.2, 0.25) is 0 Å². The number of thiazole rings is 1. The first-order chi connectivity index (χ1) is 9.74. The summed E-state index contributed by atoms with van der Waals surface area (Å²) in [6.45, 7) is 5.75. The van der Waals surface area contributed by atoms with Crippen LogP contribution in [0.2, 0.25) is 0 Å². The number of methoxy groups -OCH3 is 1. The summed E-state index contributed by atoms with van der Waals surface area (Å²) in [5.41, 5.74) is 2.95. The highest BCUT2D eigenvalue weighted by Gasteiger charge is 2.22. The van der Waals surface area contributed by atoms with Crippen molar-refractivity contribution in [2.24, 2.45) is 4.99 Å². The maximum atomic E-state index is 5.66. The topological polar surface area (TPSA) is 59.0 Å². The fourth-order valence-electron chi connectivity index (χ4n) is 2.19. The third-order valence-electron chi connectivity index (χ3n) is 3.25. The lowest BCUT2D eigenvalue weighted by Gasteiger charge is -2.34. The van der Waals surface area contributed by atoms with Crippen LogP contribution in [0, 0.1) is 6.92 Å². The van der Waals surface area contributed by atoms with Gasteiger partial charge in [-0.2, -0.15) is 0 Å². The highest BCUT2D eigenvalue weighted by molar-refractivity contribution is 14.0. The Balaban J connectivity index is 0.00000220. The van der Waals surface area contributed by atoms with Gasteiger partial charge in [-0.1, -0.05) is 0 Å². The molecule has 1 saturated heterocycles. The normalized spacial score (nSPS) is 19.3. The van der Waals surface area contributed by atoms with E-state index in [1.54, 1.807) is 18.4 Å². The molecule has 0 spiro atoms. The van der Waals surface area contributed by atoms with Gasteiger partial charge < -0.3 is 19.7 Å². The third-order valence-corrected chi connectivity index (χ3v) is 4.19. The van der Waals surface area contributed by atoms with Crippen molar-refractivity contribution < 1.29 is 9.47 Å². The van der Waals surface area contributed by atoms with Gasteiger partial charge in [0.1, 0.15) is 0 Å². The molecule has 2 heterocycles. The number of nitrogens with zero attached hydrogens (tertiary/aromatic N) is 3. The van der Waals surface area contributed by atoms with E-state index in [2.05, 4.69) is 20.2 Å². The molecule has 2 rings (SSSR count). The van der Waals surface area contributed by atoms with Crippen molar-refractivity contribution in [2.75, 3.05) is 40.5 Å². The van der Waals surface area contributed by atoms with E-state index in [0.29, 0.717) is 13.2 Å². The molecule has 120 valence electrons. The molecule has 1 aliphatic heterocycles. The molecule has 1 aromatic rings. The lowest BCUT2D eigenvalue weighted by atomic mass is 10.3. The fourth-order valence-corrected chi connectivity index (χ4v) is 2.90. The van der Waals surface area contributed by atoms with Gasteiger partial charge in [0.25, 0.3) is 0 Å². The van der Waals surface area contributed by atoms with E-state index in [4.69, 9.17) is 9.47 Å². The van der Waals surface area contributed by atoms with Crippen molar-refractivity contribution in [2.45, 2.75) is 19.6 Å². The Morgan fingerprint density at radius 1 is 1.67 bits per heavy atom. The third kappa shape index (κ3) is 5.35. The lowest BCUT2D eigenvalue weighted by Crippen LogP contribution is -2.51. The Morgan fingerprint density at radius 2 is 2.48 bits per heavy atom. The number of aryl methyl sites for hydroxylation is 1. The molecular weight excluding hydrogens is 403 g/mol. The number of hydrogen-bond donors (Lipinski definition) is 1. The van der Waals surface area contributed by atoms with E-state index in [0.717, 1.165) is 31.3 Å². The number of ether oxygens (including phenoxy) is 2. The van der Waals surface area contributed by atoms with Gasteiger partial charge in [-0.3, -0.25) is 4.99 Å². The molecule has 6 nitrogen and oxygen atoms in total. The Hall–Kier alpha value is -0.450. The van der Waals surface area contributed by atoms with Crippen LogP contribution in [-0.2, 0) is 16.0 Å². The minimum atomic E-state index is 0. The number of rotatable bonds is 4. The van der Waals surface area contributed by atoms with E-state index in [1.807, 2.05) is 19.5 Å². The number of guanidine groups is 1. The quantitative estimate of drug-likeness (QED) is 0.449. The zero-order valence-electron chi connectivity index (χ0n) is 12.7. The molecule has 8 heteroatoms. The van der Waals surface area contributed by atoms with Gasteiger partial charge in [-0.05, 0) is 6.92 Å². The second kappa shape index (κ2) is 9.54. The molecule has 21 heavy (non-hydrogen) atoms. The smallest absolute Gasteiger partial charge is 0.194 e. The number of aliphatic imine (C=N–C) groups is 1. The molecule has 1 unspecified atom stereocenters. The standard InChI is InChI=1S/C13H22N4O2S.HI/c1-10-12(20-9-16-10)6-15-13(14-2)17-4-5-19-11(7-17)8-18-3;/h9,11H,4-8H2,1-3H3,(H,14,15);1H. The molecular formula is C13H23IN4O2S. The van der Waals surface area contributed by atoms with Crippen molar-refractivity contribution in [1.29, 1.82) is 0 Å². The monoisotopic (exact) mass is 426 g/mol. The SMILES string of the molecule is CN=C(NCc1scnc1C)N1CCOC(COC)C1.I. The van der Waals surface area contributed by atoms with Gasteiger partial charge >= 0.3 is 0 Å². The minimum Gasteiger partial charge on any atom is -0.382 e. The largest absolute Gasteiger partial charge is 0.382 e. The first kappa shape index (κ1) is 18.6. The van der Waals surface area contributed by atoms with Gasteiger partial charge in [0, 0.05) is 32.1 Å². The van der Waals surface area contributed by atoms with Crippen LogP contribution in [-0.4, -0.2) is 62.4 Å². The number of nitrogens with one attached hydrogen (secondary N) is 1. The molecule has 1 aliphatic rings. The summed E-state index contributed by atoms with van der Waals surface area (Å²) in [6, 6.07) is 0. The zero-order valence-corrected chi connectivity index (χ0v) is 15.8. The van der Waals surface area contributed by atoms with Crippen LogP contribution >= 0.6 is 35.3 Å². The molecule has 1 aromatic heterocycles. The zero-order chi connectivity index (χ0) is 14.4. The maximum Gasteiger partial charge on any atom is 0.194 e. The van der Waals surface area contributed by atoms with Gasteiger partial charge in [0.05, 0.1) is 37.1 Å². The van der Waals surface area contributed by atoms with Gasteiger partial charge in [-0.15, -0.1) is 35.3 Å². The van der Waals surface area contributed by atoms with Crippen LogP contribution in [0.3, 0.4) is 0 Å². The summed E-state index contributed by atoms with van der Waals surface area (Å²) >= 11 is 1.67. The summed E-state index contributed by atoms with van der Waals surface area (Å²) in [6.07, 6.45) is 0.109. The predicted octanol–water partition coefficient (Wildman–Crippen LogP) is 1.49. The van der Waals surface area contributed by atoms with E-state index < -0.39 is 0 Å². The summed E-state index contributed by atoms with van der Waals surface area (Å²) < 4.78 is 10.8. The number of hydrogen-bond acceptors (Lipinski definition) is 5. The van der Waals surface area contributed by atoms with Gasteiger partial charge in [0.15, 0.2) is 5.96 Å². The predicted molar refractivity (Wildman–Crippen MR) is 95.7 cm³/mol.